The zero-order valence-electron chi connectivity index (χ0n) is 15.0. The summed E-state index contributed by atoms with van der Waals surface area (Å²) < 4.78 is 15.6. The number of nitrogens with one attached hydrogen (secondary N) is 1. The molecule has 0 aliphatic heterocycles. The molecular weight excluding hydrogens is 344 g/mol. The van der Waals surface area contributed by atoms with Gasteiger partial charge in [0.15, 0.2) is 11.5 Å². The average molecular weight is 362 g/mol. The van der Waals surface area contributed by atoms with E-state index in [-0.39, 0.29) is 12.2 Å². The number of nitriles is 1. The Balaban J connectivity index is 2.15. The van der Waals surface area contributed by atoms with Gasteiger partial charge in [0.05, 0.1) is 14.2 Å². The summed E-state index contributed by atoms with van der Waals surface area (Å²) >= 11 is 0. The van der Waals surface area contributed by atoms with Gasteiger partial charge in [0.2, 0.25) is 0 Å². The molecule has 0 spiro atoms. The summed E-state index contributed by atoms with van der Waals surface area (Å²) in [5, 5.41) is 12.0. The normalized spacial score (nSPS) is 10.3. The Morgan fingerprint density at radius 2 is 1.85 bits per heavy atom. The van der Waals surface area contributed by atoms with Gasteiger partial charge in [-0.15, -0.1) is 6.42 Å². The van der Waals surface area contributed by atoms with Crippen LogP contribution in [0.4, 0.5) is 5.69 Å². The number of anilines is 1. The van der Waals surface area contributed by atoms with E-state index in [4.69, 9.17) is 20.6 Å². The van der Waals surface area contributed by atoms with Crippen molar-refractivity contribution in [3.05, 3.63) is 53.6 Å². The third-order valence-electron chi connectivity index (χ3n) is 3.52. The highest BCUT2D eigenvalue weighted by Crippen LogP contribution is 2.29. The van der Waals surface area contributed by atoms with E-state index in [0.29, 0.717) is 28.5 Å². The predicted molar refractivity (Wildman–Crippen MR) is 103 cm³/mol. The lowest BCUT2D eigenvalue weighted by Gasteiger charge is -2.10. The van der Waals surface area contributed by atoms with Crippen LogP contribution in [0, 0.1) is 23.7 Å². The van der Waals surface area contributed by atoms with Gasteiger partial charge in [-0.1, -0.05) is 18.1 Å². The van der Waals surface area contributed by atoms with Crippen molar-refractivity contribution < 1.29 is 19.0 Å². The lowest BCUT2D eigenvalue weighted by molar-refractivity contribution is -0.112. The number of carbonyl (C=O) groups is 1. The van der Waals surface area contributed by atoms with Crippen LogP contribution in [0.1, 0.15) is 5.56 Å². The Kier molecular flexibility index (Phi) is 6.87. The van der Waals surface area contributed by atoms with Crippen molar-refractivity contribution in [1.82, 2.24) is 0 Å². The first-order chi connectivity index (χ1) is 13.1. The Morgan fingerprint density at radius 1 is 1.15 bits per heavy atom. The number of methoxy groups -OCH3 is 2. The van der Waals surface area contributed by atoms with Crippen LogP contribution in [-0.2, 0) is 4.79 Å². The van der Waals surface area contributed by atoms with Crippen LogP contribution < -0.4 is 19.5 Å². The third-order valence-corrected chi connectivity index (χ3v) is 3.52. The molecule has 0 aromatic heterocycles. The SMILES string of the molecule is C#CCOc1ccc(C=C(C#N)C(=O)Nc2ccc(OC)c(OC)c2)cc1. The first kappa shape index (κ1) is 19.4. The molecule has 0 aliphatic rings. The van der Waals surface area contributed by atoms with Crippen molar-refractivity contribution in [2.75, 3.05) is 26.1 Å². The van der Waals surface area contributed by atoms with E-state index in [1.54, 1.807) is 42.5 Å². The minimum absolute atomic E-state index is 0.0397. The van der Waals surface area contributed by atoms with Crippen molar-refractivity contribution in [3.63, 3.8) is 0 Å². The number of ether oxygens (including phenoxy) is 3. The molecule has 136 valence electrons. The molecule has 2 aromatic rings. The molecule has 0 atom stereocenters. The molecule has 0 unspecified atom stereocenters. The second-order valence-corrected chi connectivity index (χ2v) is 5.26. The standard InChI is InChI=1S/C21H18N2O4/c1-4-11-27-18-8-5-15(6-9-18)12-16(14-22)21(24)23-17-7-10-19(25-2)20(13-17)26-3/h1,5-10,12-13H,11H2,2-3H3,(H,23,24). The summed E-state index contributed by atoms with van der Waals surface area (Å²) in [5.74, 6) is 3.47. The van der Waals surface area contributed by atoms with Crippen molar-refractivity contribution in [3.8, 4) is 35.7 Å². The highest BCUT2D eigenvalue weighted by molar-refractivity contribution is 6.09. The number of rotatable bonds is 7. The van der Waals surface area contributed by atoms with E-state index in [0.717, 1.165) is 0 Å². The molecule has 0 saturated heterocycles. The Bertz CT molecular complexity index is 919. The zero-order chi connectivity index (χ0) is 19.6. The van der Waals surface area contributed by atoms with E-state index in [1.807, 2.05) is 6.07 Å². The van der Waals surface area contributed by atoms with E-state index in [2.05, 4.69) is 11.2 Å². The second kappa shape index (κ2) is 9.55. The topological polar surface area (TPSA) is 80.6 Å². The molecule has 0 bridgehead atoms. The largest absolute Gasteiger partial charge is 0.493 e. The van der Waals surface area contributed by atoms with Gasteiger partial charge in [0.1, 0.15) is 24.0 Å². The molecule has 0 radical (unpaired) electrons. The Hall–Kier alpha value is -3.90. The van der Waals surface area contributed by atoms with E-state index in [9.17, 15) is 10.1 Å². The Morgan fingerprint density at radius 3 is 2.44 bits per heavy atom. The fourth-order valence-electron chi connectivity index (χ4n) is 2.21. The number of terminal acetylenes is 1. The maximum absolute atomic E-state index is 12.4. The summed E-state index contributed by atoms with van der Waals surface area (Å²) in [6, 6.07) is 13.7. The van der Waals surface area contributed by atoms with Gasteiger partial charge >= 0.3 is 0 Å². The quantitative estimate of drug-likeness (QED) is 0.464. The molecular formula is C21H18N2O4. The van der Waals surface area contributed by atoms with Gasteiger partial charge in [-0.2, -0.15) is 5.26 Å². The second-order valence-electron chi connectivity index (χ2n) is 5.26. The molecule has 2 rings (SSSR count). The van der Waals surface area contributed by atoms with Gasteiger partial charge in [-0.3, -0.25) is 4.79 Å². The minimum Gasteiger partial charge on any atom is -0.493 e. The summed E-state index contributed by atoms with van der Waals surface area (Å²) in [5.41, 5.74) is 1.13. The monoisotopic (exact) mass is 362 g/mol. The number of hydrogen-bond donors (Lipinski definition) is 1. The summed E-state index contributed by atoms with van der Waals surface area (Å²) in [6.45, 7) is 0.173. The molecule has 27 heavy (non-hydrogen) atoms. The van der Waals surface area contributed by atoms with Crippen LogP contribution in [0.25, 0.3) is 6.08 Å². The summed E-state index contributed by atoms with van der Waals surface area (Å²) in [4.78, 5) is 12.4. The molecule has 6 nitrogen and oxygen atoms in total. The summed E-state index contributed by atoms with van der Waals surface area (Å²) in [6.07, 6.45) is 6.63. The molecule has 1 amide bonds. The first-order valence-electron chi connectivity index (χ1n) is 7.92. The lowest BCUT2D eigenvalue weighted by Crippen LogP contribution is -2.13. The molecule has 0 fully saturated rings. The van der Waals surface area contributed by atoms with Crippen molar-refractivity contribution in [1.29, 1.82) is 5.26 Å². The average Bonchev–Trinajstić information content (AvgIpc) is 2.71. The van der Waals surface area contributed by atoms with E-state index >= 15 is 0 Å². The fourth-order valence-corrected chi connectivity index (χ4v) is 2.21. The van der Waals surface area contributed by atoms with Crippen molar-refractivity contribution in [2.45, 2.75) is 0 Å². The smallest absolute Gasteiger partial charge is 0.266 e. The van der Waals surface area contributed by atoms with Crippen molar-refractivity contribution in [2.24, 2.45) is 0 Å². The molecule has 1 N–H and O–H groups in total. The van der Waals surface area contributed by atoms with Gasteiger partial charge in [-0.25, -0.2) is 0 Å². The molecule has 6 heteroatoms. The number of benzene rings is 2. The number of hydrogen-bond acceptors (Lipinski definition) is 5. The van der Waals surface area contributed by atoms with E-state index in [1.165, 1.54) is 20.3 Å². The molecule has 2 aromatic carbocycles. The summed E-state index contributed by atoms with van der Waals surface area (Å²) in [7, 11) is 3.02. The third kappa shape index (κ3) is 5.29. The van der Waals surface area contributed by atoms with Gasteiger partial charge in [0, 0.05) is 11.8 Å². The van der Waals surface area contributed by atoms with Gasteiger partial charge in [0.25, 0.3) is 5.91 Å². The highest BCUT2D eigenvalue weighted by Gasteiger charge is 2.12. The molecule has 0 aliphatic carbocycles. The Labute approximate surface area is 158 Å². The van der Waals surface area contributed by atoms with Crippen LogP contribution in [0.3, 0.4) is 0 Å². The van der Waals surface area contributed by atoms with Crippen LogP contribution in [0.15, 0.2) is 48.0 Å². The van der Waals surface area contributed by atoms with Crippen molar-refractivity contribution >= 4 is 17.7 Å². The first-order valence-corrected chi connectivity index (χ1v) is 7.92. The maximum atomic E-state index is 12.4. The number of carbonyl (C=O) groups excluding carboxylic acids is 1. The van der Waals surface area contributed by atoms with Gasteiger partial charge < -0.3 is 19.5 Å². The van der Waals surface area contributed by atoms with Crippen LogP contribution in [0.5, 0.6) is 17.2 Å². The van der Waals surface area contributed by atoms with Crippen LogP contribution >= 0.6 is 0 Å². The zero-order valence-corrected chi connectivity index (χ0v) is 15.0. The fraction of sp³-hybridized carbons (Fsp3) is 0.143. The van der Waals surface area contributed by atoms with Crippen LogP contribution in [0.2, 0.25) is 0 Å². The maximum Gasteiger partial charge on any atom is 0.266 e. The number of nitrogens with zero attached hydrogens (tertiary/aromatic N) is 1. The lowest BCUT2D eigenvalue weighted by atomic mass is 10.1. The minimum atomic E-state index is -0.530. The van der Waals surface area contributed by atoms with Gasteiger partial charge in [-0.05, 0) is 35.9 Å². The highest BCUT2D eigenvalue weighted by atomic mass is 16.5. The molecule has 0 saturated carbocycles. The number of amides is 1. The van der Waals surface area contributed by atoms with Crippen LogP contribution in [-0.4, -0.2) is 26.7 Å². The predicted octanol–water partition coefficient (Wildman–Crippen LogP) is 3.26. The van der Waals surface area contributed by atoms with E-state index < -0.39 is 5.91 Å². The molecule has 0 heterocycles.